The summed E-state index contributed by atoms with van der Waals surface area (Å²) in [5.41, 5.74) is 0.724. The number of phenolic OH excluding ortho intramolecular Hbond substituents is 1. The number of rotatable bonds is 4. The number of benzene rings is 3. The summed E-state index contributed by atoms with van der Waals surface area (Å²) in [5, 5.41) is 22.2. The Morgan fingerprint density at radius 3 is 2.43 bits per heavy atom. The van der Waals surface area contributed by atoms with Crippen molar-refractivity contribution in [2.24, 2.45) is 17.8 Å². The Hall–Kier alpha value is -3.73. The Kier molecular flexibility index (Phi) is 6.52. The van der Waals surface area contributed by atoms with Gasteiger partial charge in [0.25, 0.3) is 11.8 Å². The zero-order valence-electron chi connectivity index (χ0n) is 22.7. The summed E-state index contributed by atoms with van der Waals surface area (Å²) in [7, 11) is 0. The number of nitrogens with zero attached hydrogens (tertiary/aromatic N) is 2. The number of allylic oxidation sites excluding steroid dienone is 2. The van der Waals surface area contributed by atoms with Crippen LogP contribution in [0.15, 0.2) is 72.3 Å². The van der Waals surface area contributed by atoms with E-state index in [9.17, 15) is 34.2 Å². The highest BCUT2D eigenvalue weighted by atomic mass is 79.9. The smallest absolute Gasteiger partial charge is 0.335 e. The number of alkyl halides is 3. The number of phenols is 1. The van der Waals surface area contributed by atoms with Gasteiger partial charge >= 0.3 is 5.97 Å². The van der Waals surface area contributed by atoms with Crippen LogP contribution in [0.5, 0.6) is 5.75 Å². The van der Waals surface area contributed by atoms with E-state index in [1.54, 1.807) is 24.3 Å². The van der Waals surface area contributed by atoms with Gasteiger partial charge < -0.3 is 10.2 Å². The van der Waals surface area contributed by atoms with Gasteiger partial charge in [-0.3, -0.25) is 29.0 Å². The predicted molar refractivity (Wildman–Crippen MR) is 165 cm³/mol. The minimum atomic E-state index is -2.06. The number of imide groups is 2. The first-order chi connectivity index (χ1) is 21.0. The first-order valence-electron chi connectivity index (χ1n) is 13.9. The summed E-state index contributed by atoms with van der Waals surface area (Å²) < 4.78 is 0. The lowest BCUT2D eigenvalue weighted by atomic mass is 9.56. The molecule has 2 N–H and O–H groups in total. The first-order valence-corrected chi connectivity index (χ1v) is 15.7. The average Bonchev–Trinajstić information content (AvgIpc) is 3.35. The lowest BCUT2D eigenvalue weighted by Gasteiger charge is -2.51. The number of fused-ring (bicyclic) bond motifs is 5. The molecule has 3 aromatic rings. The van der Waals surface area contributed by atoms with Crippen LogP contribution in [0.2, 0.25) is 0 Å². The molecular formula is C32H23BrCl2N2O7. The van der Waals surface area contributed by atoms with Crippen LogP contribution in [0.3, 0.4) is 0 Å². The fraction of sp³-hybridized carbons (Fsp3) is 0.281. The Morgan fingerprint density at radius 1 is 0.955 bits per heavy atom. The van der Waals surface area contributed by atoms with E-state index in [-0.39, 0.29) is 35.3 Å². The summed E-state index contributed by atoms with van der Waals surface area (Å²) in [6, 6.07) is 16.0. The molecule has 44 heavy (non-hydrogen) atoms. The van der Waals surface area contributed by atoms with Crippen molar-refractivity contribution in [1.29, 1.82) is 0 Å². The third-order valence-corrected chi connectivity index (χ3v) is 11.5. The predicted octanol–water partition coefficient (Wildman–Crippen LogP) is 5.16. The number of hydrogen-bond donors (Lipinski definition) is 2. The Balaban J connectivity index is 1.43. The fourth-order valence-electron chi connectivity index (χ4n) is 7.69. The molecule has 2 aliphatic carbocycles. The van der Waals surface area contributed by atoms with Crippen molar-refractivity contribution in [3.8, 4) is 5.75 Å². The molecule has 0 aromatic heterocycles. The van der Waals surface area contributed by atoms with Crippen molar-refractivity contribution < 1.29 is 34.2 Å². The zero-order chi connectivity index (χ0) is 31.3. The third kappa shape index (κ3) is 3.61. The summed E-state index contributed by atoms with van der Waals surface area (Å²) >= 11 is 17.8. The lowest BCUT2D eigenvalue weighted by molar-refractivity contribution is -0.138. The summed E-state index contributed by atoms with van der Waals surface area (Å²) in [4.78, 5) is 65.4. The number of aromatic carboxylic acids is 1. The molecule has 0 spiro atoms. The lowest BCUT2D eigenvalue weighted by Crippen LogP contribution is -2.60. The van der Waals surface area contributed by atoms with Crippen molar-refractivity contribution in [3.63, 3.8) is 0 Å². The molecule has 4 amide bonds. The maximum atomic E-state index is 14.2. The summed E-state index contributed by atoms with van der Waals surface area (Å²) in [6.07, 6.45) is 1.71. The number of hydrogen-bond acceptors (Lipinski definition) is 6. The quantitative estimate of drug-likeness (QED) is 0.167. The molecular weight excluding hydrogens is 675 g/mol. The van der Waals surface area contributed by atoms with Gasteiger partial charge in [-0.2, -0.15) is 0 Å². The number of carbonyl (C=O) groups excluding carboxylic acids is 4. The van der Waals surface area contributed by atoms with Crippen molar-refractivity contribution in [1.82, 2.24) is 4.90 Å². The molecule has 7 rings (SSSR count). The van der Waals surface area contributed by atoms with Gasteiger partial charge in [-0.15, -0.1) is 23.2 Å². The van der Waals surface area contributed by atoms with E-state index in [2.05, 4.69) is 15.9 Å². The van der Waals surface area contributed by atoms with Gasteiger partial charge in [-0.1, -0.05) is 64.0 Å². The molecule has 3 fully saturated rings. The number of aromatic hydroxyl groups is 1. The topological polar surface area (TPSA) is 132 Å². The molecule has 224 valence electrons. The third-order valence-electron chi connectivity index (χ3n) is 9.60. The monoisotopic (exact) mass is 696 g/mol. The van der Waals surface area contributed by atoms with Crippen LogP contribution >= 0.6 is 39.1 Å². The maximum absolute atomic E-state index is 14.2. The number of anilines is 1. The molecule has 2 heterocycles. The molecule has 2 saturated heterocycles. The fourth-order valence-corrected chi connectivity index (χ4v) is 9.10. The van der Waals surface area contributed by atoms with E-state index >= 15 is 0 Å². The number of halogens is 3. The van der Waals surface area contributed by atoms with Gasteiger partial charge in [0.15, 0.2) is 9.75 Å². The van der Waals surface area contributed by atoms with Crippen LogP contribution in [0.1, 0.15) is 34.7 Å². The Morgan fingerprint density at radius 2 is 1.70 bits per heavy atom. The molecule has 6 atom stereocenters. The van der Waals surface area contributed by atoms with Gasteiger partial charge in [-0.05, 0) is 53.8 Å². The van der Waals surface area contributed by atoms with Crippen LogP contribution in [0.4, 0.5) is 5.69 Å². The molecule has 3 aromatic carbocycles. The van der Waals surface area contributed by atoms with Crippen LogP contribution in [0.25, 0.3) is 10.8 Å². The van der Waals surface area contributed by atoms with Crippen molar-refractivity contribution >= 4 is 85.2 Å². The summed E-state index contributed by atoms with van der Waals surface area (Å²) in [6.45, 7) is 0. The van der Waals surface area contributed by atoms with E-state index in [1.807, 2.05) is 12.1 Å². The average molecular weight is 698 g/mol. The molecule has 12 heteroatoms. The second-order valence-electron chi connectivity index (χ2n) is 11.6. The standard InChI is InChI=1S/C32H23BrCl2N2O7/c33-14-36-29(43)31(34)13-21-19(25(32(31,35)30(36)44)24-18-7-2-1-4-15(18)8-11-22(24)38)9-10-20-23(21)27(40)37(26(20)39)17-6-3-5-16(12-17)28(41)42/h1-9,11-12,20-21,23,25,38H,10,13-14H2,(H,41,42)/t20-,21+,23-,25+,31+,32-/m0/s1. The molecule has 4 aliphatic rings. The van der Waals surface area contributed by atoms with Gasteiger partial charge in [0.05, 0.1) is 28.5 Å². The Bertz CT molecular complexity index is 1880. The van der Waals surface area contributed by atoms with E-state index in [4.69, 9.17) is 23.2 Å². The minimum absolute atomic E-state index is 0.0856. The maximum Gasteiger partial charge on any atom is 0.335 e. The second-order valence-corrected chi connectivity index (χ2v) is 13.3. The number of amides is 4. The van der Waals surface area contributed by atoms with Crippen LogP contribution in [0, 0.1) is 17.8 Å². The minimum Gasteiger partial charge on any atom is -0.508 e. The zero-order valence-corrected chi connectivity index (χ0v) is 25.8. The van der Waals surface area contributed by atoms with E-state index in [0.29, 0.717) is 16.5 Å². The number of carbonyl (C=O) groups is 5. The highest BCUT2D eigenvalue weighted by Crippen LogP contribution is 2.66. The normalized spacial score (nSPS) is 31.2. The van der Waals surface area contributed by atoms with Crippen molar-refractivity contribution in [3.05, 3.63) is 83.4 Å². The molecule has 2 aliphatic heterocycles. The van der Waals surface area contributed by atoms with E-state index in [0.717, 1.165) is 15.2 Å². The molecule has 0 bridgehead atoms. The highest BCUT2D eigenvalue weighted by molar-refractivity contribution is 9.09. The van der Waals surface area contributed by atoms with Crippen LogP contribution < -0.4 is 4.90 Å². The van der Waals surface area contributed by atoms with E-state index < -0.39 is 63.0 Å². The van der Waals surface area contributed by atoms with Crippen LogP contribution in [-0.4, -0.2) is 59.9 Å². The molecule has 0 radical (unpaired) electrons. The van der Waals surface area contributed by atoms with Gasteiger partial charge in [0.2, 0.25) is 11.8 Å². The molecule has 9 nitrogen and oxygen atoms in total. The van der Waals surface area contributed by atoms with Gasteiger partial charge in [0.1, 0.15) is 5.75 Å². The summed E-state index contributed by atoms with van der Waals surface area (Å²) in [5.74, 6) is -7.57. The van der Waals surface area contributed by atoms with Crippen molar-refractivity contribution in [2.45, 2.75) is 28.5 Å². The van der Waals surface area contributed by atoms with Gasteiger partial charge in [-0.25, -0.2) is 4.79 Å². The number of likely N-dealkylation sites (tertiary alicyclic amines) is 1. The van der Waals surface area contributed by atoms with Crippen LogP contribution in [-0.2, 0) is 19.2 Å². The van der Waals surface area contributed by atoms with E-state index in [1.165, 1.54) is 30.3 Å². The highest BCUT2D eigenvalue weighted by Gasteiger charge is 2.76. The largest absolute Gasteiger partial charge is 0.508 e. The molecule has 1 saturated carbocycles. The molecule has 0 unspecified atom stereocenters. The van der Waals surface area contributed by atoms with Gasteiger partial charge in [0, 0.05) is 11.5 Å². The SMILES string of the molecule is O=C(O)c1cccc(N2C(=O)[C@H]3[C@H](CC=C4[C@H]3C[C@@]3(Cl)C(=O)N(CBr)C(=O)[C@@]3(Cl)[C@H]4c3c(O)ccc4ccccc34)C2=O)c1. The number of carboxylic acid groups (broad SMARTS) is 1. The van der Waals surface area contributed by atoms with Crippen molar-refractivity contribution in [2.75, 3.05) is 10.4 Å². The second kappa shape index (κ2) is 9.89. The Labute approximate surface area is 269 Å². The first kappa shape index (κ1) is 29.0. The number of carboxylic acids is 1.